The first-order chi connectivity index (χ1) is 6.70. The Hall–Kier alpha value is -1.39. The highest BCUT2D eigenvalue weighted by Crippen LogP contribution is 2.10. The quantitative estimate of drug-likeness (QED) is 0.505. The van der Waals surface area contributed by atoms with Crippen LogP contribution in [0.25, 0.3) is 5.57 Å². The van der Waals surface area contributed by atoms with Crippen molar-refractivity contribution in [3.63, 3.8) is 0 Å². The molecule has 0 saturated carbocycles. The van der Waals surface area contributed by atoms with Crippen molar-refractivity contribution in [1.82, 2.24) is 10.9 Å². The molecule has 0 atom stereocenters. The van der Waals surface area contributed by atoms with E-state index in [4.69, 9.17) is 12.2 Å². The average Bonchev–Trinajstić information content (AvgIpc) is 2.18. The maximum atomic E-state index is 4.75. The molecule has 0 aliphatic rings. The molecule has 4 heteroatoms. The fraction of sp³-hybridized carbons (Fsp3) is 0.100. The van der Waals surface area contributed by atoms with Crippen LogP contribution in [0, 0.1) is 0 Å². The van der Waals surface area contributed by atoms with Crippen molar-refractivity contribution in [3.8, 4) is 0 Å². The molecule has 0 aliphatic heterocycles. The van der Waals surface area contributed by atoms with Crippen molar-refractivity contribution in [2.75, 3.05) is 0 Å². The maximum absolute atomic E-state index is 4.75. The molecule has 0 amide bonds. The molecule has 5 N–H and O–H groups in total. The minimum Gasteiger partial charge on any atom is -0.303 e. The van der Waals surface area contributed by atoms with Gasteiger partial charge in [-0.25, -0.2) is 5.43 Å². The molecule has 1 rings (SSSR count). The maximum Gasteiger partial charge on any atom is 0.283 e. The second-order valence-electron chi connectivity index (χ2n) is 2.89. The lowest BCUT2D eigenvalue weighted by Gasteiger charge is -2.03. The summed E-state index contributed by atoms with van der Waals surface area (Å²) in [5.74, 6) is 0. The van der Waals surface area contributed by atoms with Crippen LogP contribution < -0.4 is 16.6 Å². The van der Waals surface area contributed by atoms with Gasteiger partial charge >= 0.3 is 0 Å². The summed E-state index contributed by atoms with van der Waals surface area (Å²) in [5, 5.41) is 0.474. The molecule has 74 valence electrons. The van der Waals surface area contributed by atoms with Crippen molar-refractivity contribution in [2.24, 2.45) is 0 Å². The van der Waals surface area contributed by atoms with Gasteiger partial charge in [-0.3, -0.25) is 5.73 Å². The summed E-state index contributed by atoms with van der Waals surface area (Å²) in [5.41, 5.74) is 11.5. The first kappa shape index (κ1) is 10.7. The molecule has 0 aromatic heterocycles. The zero-order valence-electron chi connectivity index (χ0n) is 8.08. The number of thiocarbonyl (C=S) groups is 1. The van der Waals surface area contributed by atoms with Crippen LogP contribution in [0.2, 0.25) is 0 Å². The van der Waals surface area contributed by atoms with Gasteiger partial charge in [-0.15, -0.1) is 0 Å². The minimum absolute atomic E-state index is 0.474. The lowest BCUT2D eigenvalue weighted by atomic mass is 10.1. The third-order valence-corrected chi connectivity index (χ3v) is 1.83. The Balaban J connectivity index is 2.57. The summed E-state index contributed by atoms with van der Waals surface area (Å²) < 4.78 is 0. The van der Waals surface area contributed by atoms with E-state index >= 15 is 0 Å². The highest BCUT2D eigenvalue weighted by atomic mass is 32.1. The van der Waals surface area contributed by atoms with E-state index < -0.39 is 0 Å². The predicted octanol–water partition coefficient (Wildman–Crippen LogP) is 0.668. The number of quaternary nitrogens is 1. The zero-order valence-corrected chi connectivity index (χ0v) is 8.90. The topological polar surface area (TPSA) is 51.7 Å². The van der Waals surface area contributed by atoms with Gasteiger partial charge < -0.3 is 5.43 Å². The third-order valence-electron chi connectivity index (χ3n) is 1.73. The van der Waals surface area contributed by atoms with E-state index in [2.05, 4.69) is 28.7 Å². The van der Waals surface area contributed by atoms with Crippen molar-refractivity contribution in [2.45, 2.75) is 6.92 Å². The molecular formula is C10H14N3S+. The Labute approximate surface area is 89.0 Å². The van der Waals surface area contributed by atoms with Crippen LogP contribution in [0.4, 0.5) is 0 Å². The van der Waals surface area contributed by atoms with Gasteiger partial charge in [0.2, 0.25) is 0 Å². The average molecular weight is 208 g/mol. The number of rotatable bonds is 3. The minimum atomic E-state index is 0.474. The Kier molecular flexibility index (Phi) is 4.10. The first-order valence-corrected chi connectivity index (χ1v) is 4.70. The van der Waals surface area contributed by atoms with E-state index in [1.54, 1.807) is 0 Å². The van der Waals surface area contributed by atoms with E-state index in [9.17, 15) is 0 Å². The van der Waals surface area contributed by atoms with Gasteiger partial charge in [0.1, 0.15) is 0 Å². The molecule has 0 saturated heterocycles. The summed E-state index contributed by atoms with van der Waals surface area (Å²) in [7, 11) is 0. The summed E-state index contributed by atoms with van der Waals surface area (Å²) in [6.07, 6.45) is 1.85. The van der Waals surface area contributed by atoms with Crippen LogP contribution in [-0.2, 0) is 0 Å². The number of allylic oxidation sites excluding steroid dienone is 1. The summed E-state index contributed by atoms with van der Waals surface area (Å²) in [6, 6.07) is 10.1. The number of hydrogen-bond donors (Lipinski definition) is 3. The normalized spacial score (nSPS) is 10.9. The van der Waals surface area contributed by atoms with E-state index in [1.165, 1.54) is 5.56 Å². The fourth-order valence-electron chi connectivity index (χ4n) is 1.01. The van der Waals surface area contributed by atoms with Crippen LogP contribution in [0.1, 0.15) is 12.5 Å². The lowest BCUT2D eigenvalue weighted by Crippen LogP contribution is -2.64. The van der Waals surface area contributed by atoms with E-state index in [0.717, 1.165) is 5.57 Å². The Morgan fingerprint density at radius 1 is 1.36 bits per heavy atom. The molecule has 1 aromatic rings. The largest absolute Gasteiger partial charge is 0.303 e. The molecular weight excluding hydrogens is 194 g/mol. The van der Waals surface area contributed by atoms with Gasteiger partial charge in [0.05, 0.1) is 0 Å². The van der Waals surface area contributed by atoms with E-state index in [0.29, 0.717) is 5.11 Å². The molecule has 0 fully saturated rings. The predicted molar refractivity (Wildman–Crippen MR) is 61.9 cm³/mol. The van der Waals surface area contributed by atoms with Crippen LogP contribution in [0.3, 0.4) is 0 Å². The number of nitrogens with one attached hydrogen (secondary N) is 2. The Morgan fingerprint density at radius 3 is 2.57 bits per heavy atom. The molecule has 0 heterocycles. The fourth-order valence-corrected chi connectivity index (χ4v) is 1.07. The van der Waals surface area contributed by atoms with Crippen LogP contribution in [0.5, 0.6) is 0 Å². The van der Waals surface area contributed by atoms with Gasteiger partial charge in [0.25, 0.3) is 5.11 Å². The van der Waals surface area contributed by atoms with Crippen molar-refractivity contribution in [1.29, 1.82) is 0 Å². The molecule has 3 nitrogen and oxygen atoms in total. The summed E-state index contributed by atoms with van der Waals surface area (Å²) >= 11 is 4.75. The monoisotopic (exact) mass is 208 g/mol. The highest BCUT2D eigenvalue weighted by Gasteiger charge is 1.92. The molecule has 0 spiro atoms. The smallest absolute Gasteiger partial charge is 0.283 e. The SMILES string of the molecule is CC(=CNNC([NH3+])=S)c1ccccc1. The highest BCUT2D eigenvalue weighted by molar-refractivity contribution is 7.79. The zero-order chi connectivity index (χ0) is 10.4. The van der Waals surface area contributed by atoms with Crippen LogP contribution >= 0.6 is 12.2 Å². The van der Waals surface area contributed by atoms with Gasteiger partial charge in [-0.05, 0) is 18.1 Å². The molecule has 0 unspecified atom stereocenters. The van der Waals surface area contributed by atoms with Gasteiger partial charge in [-0.2, -0.15) is 0 Å². The Bertz CT molecular complexity index is 332. The third kappa shape index (κ3) is 3.55. The van der Waals surface area contributed by atoms with E-state index in [1.807, 2.05) is 31.3 Å². The van der Waals surface area contributed by atoms with Gasteiger partial charge in [-0.1, -0.05) is 30.3 Å². The second-order valence-corrected chi connectivity index (χ2v) is 3.38. The first-order valence-electron chi connectivity index (χ1n) is 4.30. The van der Waals surface area contributed by atoms with Crippen molar-refractivity contribution >= 4 is 22.9 Å². The van der Waals surface area contributed by atoms with Gasteiger partial charge in [0, 0.05) is 18.4 Å². The molecule has 0 radical (unpaired) electrons. The molecule has 14 heavy (non-hydrogen) atoms. The summed E-state index contributed by atoms with van der Waals surface area (Å²) in [6.45, 7) is 2.02. The van der Waals surface area contributed by atoms with Crippen molar-refractivity contribution < 1.29 is 5.73 Å². The number of benzene rings is 1. The van der Waals surface area contributed by atoms with Crippen molar-refractivity contribution in [3.05, 3.63) is 42.1 Å². The molecule has 1 aromatic carbocycles. The number of hydrogen-bond acceptors (Lipinski definition) is 2. The standard InChI is InChI=1S/C10H13N3S/c1-8(7-12-13-10(11)14)9-5-3-2-4-6-9/h2-7,12H,1H3,(H3,11,13,14)/p+1. The van der Waals surface area contributed by atoms with Crippen LogP contribution in [0.15, 0.2) is 36.5 Å². The van der Waals surface area contributed by atoms with Gasteiger partial charge in [0.15, 0.2) is 0 Å². The second kappa shape index (κ2) is 5.36. The molecule has 0 bridgehead atoms. The summed E-state index contributed by atoms with van der Waals surface area (Å²) in [4.78, 5) is 0. The Morgan fingerprint density at radius 2 is 2.00 bits per heavy atom. The number of hydrazine groups is 1. The molecule has 0 aliphatic carbocycles. The van der Waals surface area contributed by atoms with E-state index in [-0.39, 0.29) is 0 Å². The lowest BCUT2D eigenvalue weighted by molar-refractivity contribution is -0.215. The van der Waals surface area contributed by atoms with Crippen LogP contribution in [-0.4, -0.2) is 5.11 Å².